The fraction of sp³-hybridized carbons (Fsp3) is 0. The van der Waals surface area contributed by atoms with Gasteiger partial charge in [0, 0.05) is 0 Å². The van der Waals surface area contributed by atoms with Crippen LogP contribution in [-0.2, 0) is 0 Å². The highest BCUT2D eigenvalue weighted by Gasteiger charge is 2.19. The van der Waals surface area contributed by atoms with Crippen molar-refractivity contribution < 1.29 is 0 Å². The molecule has 0 spiro atoms. The van der Waals surface area contributed by atoms with Crippen molar-refractivity contribution in [3.05, 3.63) is 182 Å². The maximum absolute atomic E-state index is 2.40. The highest BCUT2D eigenvalue weighted by molar-refractivity contribution is 6.25. The van der Waals surface area contributed by atoms with E-state index in [1.807, 2.05) is 0 Å². The molecule has 0 heteroatoms. The lowest BCUT2D eigenvalue weighted by molar-refractivity contribution is 1.64. The van der Waals surface area contributed by atoms with Gasteiger partial charge in [-0.05, 0) is 104 Å². The Kier molecular flexibility index (Phi) is 5.98. The first-order valence-electron chi connectivity index (χ1n) is 16.7. The van der Waals surface area contributed by atoms with E-state index in [-0.39, 0.29) is 0 Å². The Balaban J connectivity index is 1.21. The number of benzene rings is 10. The van der Waals surface area contributed by atoms with Gasteiger partial charge in [0.05, 0.1) is 0 Å². The molecule has 10 rings (SSSR count). The zero-order valence-electron chi connectivity index (χ0n) is 26.3. The van der Waals surface area contributed by atoms with Gasteiger partial charge in [0.25, 0.3) is 0 Å². The number of rotatable bonds is 3. The summed E-state index contributed by atoms with van der Waals surface area (Å²) >= 11 is 0. The van der Waals surface area contributed by atoms with E-state index < -0.39 is 0 Å². The van der Waals surface area contributed by atoms with Crippen LogP contribution in [-0.4, -0.2) is 0 Å². The predicted octanol–water partition coefficient (Wildman–Crippen LogP) is 13.6. The van der Waals surface area contributed by atoms with Crippen molar-refractivity contribution in [1.29, 1.82) is 0 Å². The molecule has 0 aliphatic rings. The normalized spacial score (nSPS) is 11.8. The van der Waals surface area contributed by atoms with Crippen LogP contribution < -0.4 is 0 Å². The minimum Gasteiger partial charge on any atom is -0.0616 e. The van der Waals surface area contributed by atoms with Crippen molar-refractivity contribution in [3.8, 4) is 33.4 Å². The largest absolute Gasteiger partial charge is 0.0616 e. The molecule has 0 bridgehead atoms. The fourth-order valence-electron chi connectivity index (χ4n) is 8.10. The first-order chi connectivity index (χ1) is 23.8. The van der Waals surface area contributed by atoms with Crippen LogP contribution in [0.15, 0.2) is 182 Å². The molecule has 48 heavy (non-hydrogen) atoms. The topological polar surface area (TPSA) is 0 Å². The Hall–Kier alpha value is -6.24. The predicted molar refractivity (Wildman–Crippen MR) is 208 cm³/mol. The van der Waals surface area contributed by atoms with E-state index in [0.29, 0.717) is 0 Å². The second-order valence-corrected chi connectivity index (χ2v) is 12.8. The summed E-state index contributed by atoms with van der Waals surface area (Å²) < 4.78 is 0. The number of fused-ring (bicyclic) bond motifs is 8. The molecule has 0 unspecified atom stereocenters. The quantitative estimate of drug-likeness (QED) is 0.139. The Labute approximate surface area is 279 Å². The van der Waals surface area contributed by atoms with Gasteiger partial charge in [0.2, 0.25) is 0 Å². The second-order valence-electron chi connectivity index (χ2n) is 12.8. The Bertz CT molecular complexity index is 2820. The van der Waals surface area contributed by atoms with Crippen molar-refractivity contribution in [2.24, 2.45) is 0 Å². The standard InChI is InChI=1S/C48H30/c1-3-14-35-31(12-1)28-29-41-36(22-11-23-39(35)41)32-24-26-33(27-25-32)47-42-18-7-9-20-44(42)48(45-21-10-8-19-43(45)47)46-30-34-13-2-4-15-37(34)38-16-5-6-17-40(38)46/h1-30H. The lowest BCUT2D eigenvalue weighted by atomic mass is 9.83. The molecular formula is C48H30. The van der Waals surface area contributed by atoms with E-state index in [0.717, 1.165) is 0 Å². The zero-order chi connectivity index (χ0) is 31.6. The van der Waals surface area contributed by atoms with E-state index in [1.54, 1.807) is 0 Å². The van der Waals surface area contributed by atoms with Crippen LogP contribution in [0.5, 0.6) is 0 Å². The molecule has 10 aromatic rings. The second kappa shape index (κ2) is 10.7. The van der Waals surface area contributed by atoms with Gasteiger partial charge in [-0.15, -0.1) is 0 Å². The third-order valence-corrected chi connectivity index (χ3v) is 10.2. The lowest BCUT2D eigenvalue weighted by Gasteiger charge is -2.20. The molecule has 0 saturated heterocycles. The third kappa shape index (κ3) is 4.03. The molecule has 0 aliphatic carbocycles. The molecule has 0 N–H and O–H groups in total. The third-order valence-electron chi connectivity index (χ3n) is 10.2. The number of hydrogen-bond donors (Lipinski definition) is 0. The molecule has 0 nitrogen and oxygen atoms in total. The summed E-state index contributed by atoms with van der Waals surface area (Å²) in [5, 5.41) is 15.4. The summed E-state index contributed by atoms with van der Waals surface area (Å²) in [5.41, 5.74) is 7.58. The van der Waals surface area contributed by atoms with Crippen molar-refractivity contribution in [1.82, 2.24) is 0 Å². The average Bonchev–Trinajstić information content (AvgIpc) is 3.16. The fourth-order valence-corrected chi connectivity index (χ4v) is 8.10. The van der Waals surface area contributed by atoms with E-state index in [4.69, 9.17) is 0 Å². The SMILES string of the molecule is c1ccc2c(c1)ccc1c(-c3ccc(-c4c5ccccc5c(-c5cc6ccccc6c6ccccc56)c5ccccc45)cc3)cccc12. The van der Waals surface area contributed by atoms with E-state index in [9.17, 15) is 0 Å². The van der Waals surface area contributed by atoms with Gasteiger partial charge in [-0.25, -0.2) is 0 Å². The molecule has 10 aromatic carbocycles. The van der Waals surface area contributed by atoms with Gasteiger partial charge < -0.3 is 0 Å². The van der Waals surface area contributed by atoms with Crippen LogP contribution in [0.25, 0.3) is 98.0 Å². The van der Waals surface area contributed by atoms with Crippen LogP contribution in [0.4, 0.5) is 0 Å². The van der Waals surface area contributed by atoms with E-state index in [1.165, 1.54) is 98.0 Å². The van der Waals surface area contributed by atoms with Crippen LogP contribution in [0.1, 0.15) is 0 Å². The zero-order valence-corrected chi connectivity index (χ0v) is 26.3. The van der Waals surface area contributed by atoms with Gasteiger partial charge in [-0.1, -0.05) is 176 Å². The molecular weight excluding hydrogens is 577 g/mol. The molecule has 0 radical (unpaired) electrons. The molecule has 0 atom stereocenters. The molecule has 0 aromatic heterocycles. The van der Waals surface area contributed by atoms with Crippen molar-refractivity contribution in [3.63, 3.8) is 0 Å². The monoisotopic (exact) mass is 606 g/mol. The number of hydrogen-bond acceptors (Lipinski definition) is 0. The lowest BCUT2D eigenvalue weighted by Crippen LogP contribution is -1.92. The summed E-state index contributed by atoms with van der Waals surface area (Å²) in [6, 6.07) is 67.0. The average molecular weight is 607 g/mol. The van der Waals surface area contributed by atoms with Crippen LogP contribution in [0, 0.1) is 0 Å². The highest BCUT2D eigenvalue weighted by Crippen LogP contribution is 2.46. The molecule has 0 saturated carbocycles. The van der Waals surface area contributed by atoms with Crippen LogP contribution in [0.2, 0.25) is 0 Å². The first-order valence-corrected chi connectivity index (χ1v) is 16.7. The maximum Gasteiger partial charge on any atom is -0.00199 e. The smallest absolute Gasteiger partial charge is 0.00199 e. The summed E-state index contributed by atoms with van der Waals surface area (Å²) in [4.78, 5) is 0. The maximum atomic E-state index is 2.40. The van der Waals surface area contributed by atoms with Gasteiger partial charge in [0.1, 0.15) is 0 Å². The Morgan fingerprint density at radius 1 is 0.208 bits per heavy atom. The Morgan fingerprint density at radius 3 is 1.29 bits per heavy atom. The summed E-state index contributed by atoms with van der Waals surface area (Å²) in [5.74, 6) is 0. The van der Waals surface area contributed by atoms with Crippen molar-refractivity contribution in [2.75, 3.05) is 0 Å². The Morgan fingerprint density at radius 2 is 0.646 bits per heavy atom. The van der Waals surface area contributed by atoms with Crippen molar-refractivity contribution in [2.45, 2.75) is 0 Å². The first kappa shape index (κ1) is 26.9. The molecule has 0 amide bonds. The minimum atomic E-state index is 1.23. The van der Waals surface area contributed by atoms with Gasteiger partial charge in [-0.3, -0.25) is 0 Å². The van der Waals surface area contributed by atoms with E-state index >= 15 is 0 Å². The minimum absolute atomic E-state index is 1.23. The van der Waals surface area contributed by atoms with Gasteiger partial charge >= 0.3 is 0 Å². The van der Waals surface area contributed by atoms with Crippen LogP contribution >= 0.6 is 0 Å². The van der Waals surface area contributed by atoms with E-state index in [2.05, 4.69) is 182 Å². The summed E-state index contributed by atoms with van der Waals surface area (Å²) in [6.45, 7) is 0. The van der Waals surface area contributed by atoms with Crippen LogP contribution in [0.3, 0.4) is 0 Å². The summed E-state index contributed by atoms with van der Waals surface area (Å²) in [7, 11) is 0. The molecule has 222 valence electrons. The molecule has 0 fully saturated rings. The van der Waals surface area contributed by atoms with Crippen molar-refractivity contribution >= 4 is 64.6 Å². The summed E-state index contributed by atoms with van der Waals surface area (Å²) in [6.07, 6.45) is 0. The molecule has 0 heterocycles. The highest BCUT2D eigenvalue weighted by atomic mass is 14.2. The van der Waals surface area contributed by atoms with Gasteiger partial charge in [-0.2, -0.15) is 0 Å². The van der Waals surface area contributed by atoms with Gasteiger partial charge in [0.15, 0.2) is 0 Å². The molecule has 0 aliphatic heterocycles.